The van der Waals surface area contributed by atoms with Gasteiger partial charge in [0.1, 0.15) is 17.3 Å². The van der Waals surface area contributed by atoms with Crippen molar-refractivity contribution in [1.82, 2.24) is 9.97 Å². The molecule has 4 rings (SSSR count). The van der Waals surface area contributed by atoms with Gasteiger partial charge in [0.25, 0.3) is 5.56 Å². The first kappa shape index (κ1) is 20.7. The maximum Gasteiger partial charge on any atom is 0.258 e. The summed E-state index contributed by atoms with van der Waals surface area (Å²) in [4.78, 5) is 47.2. The van der Waals surface area contributed by atoms with Gasteiger partial charge in [0.15, 0.2) is 0 Å². The van der Waals surface area contributed by atoms with Crippen molar-refractivity contribution < 1.29 is 23.8 Å². The number of H-pyrrole nitrogens is 1. The highest BCUT2D eigenvalue weighted by atomic mass is 16.5. The van der Waals surface area contributed by atoms with E-state index in [4.69, 9.17) is 14.2 Å². The summed E-state index contributed by atoms with van der Waals surface area (Å²) in [5.41, 5.74) is 0.0603. The summed E-state index contributed by atoms with van der Waals surface area (Å²) < 4.78 is 15.8. The maximum absolute atomic E-state index is 13.1. The molecule has 1 unspecified atom stereocenters. The largest absolute Gasteiger partial charge is 0.497 e. The standard InChI is InChI=1S/C20H23N5O6/c1-29-11-3-4-13(14(9-11)30-2)21-18(27)12-10-15(26)22-17-16(12)19(28)24-20(23-17)25-5-7-31-8-6-25/h3-4,9,12H,5-8,10H2,1-2H3,(H,21,27)(H2,22,23,24,26,28). The number of nitrogens with zero attached hydrogens (tertiary/aromatic N) is 2. The van der Waals surface area contributed by atoms with E-state index in [1.54, 1.807) is 18.2 Å². The molecular formula is C20H23N5O6. The van der Waals surface area contributed by atoms with Gasteiger partial charge in [-0.05, 0) is 12.1 Å². The number of benzene rings is 1. The number of fused-ring (bicyclic) bond motifs is 1. The van der Waals surface area contributed by atoms with E-state index in [0.717, 1.165) is 0 Å². The highest BCUT2D eigenvalue weighted by Gasteiger charge is 2.35. The molecule has 0 aliphatic carbocycles. The normalized spacial score (nSPS) is 18.1. The summed E-state index contributed by atoms with van der Waals surface area (Å²) in [6.07, 6.45) is -0.168. The van der Waals surface area contributed by atoms with E-state index in [1.807, 2.05) is 4.90 Å². The summed E-state index contributed by atoms with van der Waals surface area (Å²) in [6.45, 7) is 2.16. The Morgan fingerprint density at radius 3 is 2.71 bits per heavy atom. The van der Waals surface area contributed by atoms with Crippen molar-refractivity contribution in [2.75, 3.05) is 56.1 Å². The molecule has 3 heterocycles. The van der Waals surface area contributed by atoms with E-state index in [0.29, 0.717) is 49.4 Å². The molecule has 2 amide bonds. The zero-order valence-electron chi connectivity index (χ0n) is 17.2. The molecule has 3 N–H and O–H groups in total. The number of aromatic amines is 1. The molecule has 2 aliphatic heterocycles. The Bertz CT molecular complexity index is 1060. The Balaban J connectivity index is 1.64. The van der Waals surface area contributed by atoms with Crippen LogP contribution in [-0.2, 0) is 14.3 Å². The first-order chi connectivity index (χ1) is 15.0. The van der Waals surface area contributed by atoms with E-state index >= 15 is 0 Å². The predicted molar refractivity (Wildman–Crippen MR) is 112 cm³/mol. The molecule has 0 saturated carbocycles. The average Bonchev–Trinajstić information content (AvgIpc) is 2.78. The third-order valence-electron chi connectivity index (χ3n) is 5.23. The smallest absolute Gasteiger partial charge is 0.258 e. The van der Waals surface area contributed by atoms with Crippen LogP contribution in [0, 0.1) is 0 Å². The number of carbonyl (C=O) groups excluding carboxylic acids is 2. The summed E-state index contributed by atoms with van der Waals surface area (Å²) in [6, 6.07) is 4.92. The number of nitrogens with one attached hydrogen (secondary N) is 3. The second kappa shape index (κ2) is 8.64. The van der Waals surface area contributed by atoms with Crippen molar-refractivity contribution >= 4 is 29.3 Å². The molecule has 31 heavy (non-hydrogen) atoms. The molecule has 0 spiro atoms. The molecule has 11 nitrogen and oxygen atoms in total. The number of rotatable bonds is 5. The minimum atomic E-state index is -0.995. The Morgan fingerprint density at radius 2 is 2.00 bits per heavy atom. The van der Waals surface area contributed by atoms with Gasteiger partial charge < -0.3 is 29.7 Å². The van der Waals surface area contributed by atoms with Gasteiger partial charge in [0, 0.05) is 25.6 Å². The second-order valence-corrected chi connectivity index (χ2v) is 7.11. The minimum absolute atomic E-state index is 0.100. The number of aromatic nitrogens is 2. The van der Waals surface area contributed by atoms with Gasteiger partial charge in [-0.15, -0.1) is 0 Å². The van der Waals surface area contributed by atoms with Crippen LogP contribution in [0.4, 0.5) is 17.5 Å². The fourth-order valence-electron chi connectivity index (χ4n) is 3.63. The lowest BCUT2D eigenvalue weighted by Crippen LogP contribution is -2.41. The van der Waals surface area contributed by atoms with Crippen molar-refractivity contribution in [2.24, 2.45) is 0 Å². The van der Waals surface area contributed by atoms with Gasteiger partial charge in [-0.2, -0.15) is 4.98 Å². The third kappa shape index (κ3) is 4.17. The molecule has 0 radical (unpaired) electrons. The molecule has 1 aromatic carbocycles. The van der Waals surface area contributed by atoms with Crippen LogP contribution in [0.1, 0.15) is 17.9 Å². The van der Waals surface area contributed by atoms with Crippen LogP contribution >= 0.6 is 0 Å². The summed E-state index contributed by atoms with van der Waals surface area (Å²) in [7, 11) is 2.99. The van der Waals surface area contributed by atoms with E-state index in [1.165, 1.54) is 14.2 Å². The molecule has 1 fully saturated rings. The van der Waals surface area contributed by atoms with E-state index in [-0.39, 0.29) is 23.7 Å². The lowest BCUT2D eigenvalue weighted by Gasteiger charge is -2.29. The number of hydrogen-bond donors (Lipinski definition) is 3. The topological polar surface area (TPSA) is 135 Å². The van der Waals surface area contributed by atoms with Crippen molar-refractivity contribution in [3.63, 3.8) is 0 Å². The van der Waals surface area contributed by atoms with E-state index in [2.05, 4.69) is 20.6 Å². The molecular weight excluding hydrogens is 406 g/mol. The SMILES string of the molecule is COc1ccc(NC(=O)C2CC(=O)Nc3nc(N4CCOCC4)[nH]c(=O)c32)c(OC)c1. The zero-order chi connectivity index (χ0) is 22.0. The summed E-state index contributed by atoms with van der Waals surface area (Å²) in [5, 5.41) is 5.36. The van der Waals surface area contributed by atoms with Crippen molar-refractivity contribution in [3.8, 4) is 11.5 Å². The van der Waals surface area contributed by atoms with Crippen LogP contribution in [0.25, 0.3) is 0 Å². The van der Waals surface area contributed by atoms with Gasteiger partial charge in [0.2, 0.25) is 17.8 Å². The number of anilines is 3. The van der Waals surface area contributed by atoms with Gasteiger partial charge in [-0.25, -0.2) is 0 Å². The van der Waals surface area contributed by atoms with Gasteiger partial charge >= 0.3 is 0 Å². The highest BCUT2D eigenvalue weighted by molar-refractivity contribution is 6.05. The number of hydrogen-bond acceptors (Lipinski definition) is 8. The number of carbonyl (C=O) groups is 2. The zero-order valence-corrected chi connectivity index (χ0v) is 17.2. The van der Waals surface area contributed by atoms with Crippen LogP contribution in [0.2, 0.25) is 0 Å². The first-order valence-corrected chi connectivity index (χ1v) is 9.79. The Morgan fingerprint density at radius 1 is 1.23 bits per heavy atom. The Hall–Kier alpha value is -3.60. The molecule has 11 heteroatoms. The van der Waals surface area contributed by atoms with Crippen LogP contribution in [0.5, 0.6) is 11.5 Å². The highest BCUT2D eigenvalue weighted by Crippen LogP contribution is 2.33. The van der Waals surface area contributed by atoms with Crippen LogP contribution in [0.3, 0.4) is 0 Å². The van der Waals surface area contributed by atoms with Crippen molar-refractivity contribution in [3.05, 3.63) is 34.1 Å². The van der Waals surface area contributed by atoms with E-state index in [9.17, 15) is 14.4 Å². The second-order valence-electron chi connectivity index (χ2n) is 7.11. The van der Waals surface area contributed by atoms with Crippen LogP contribution in [0.15, 0.2) is 23.0 Å². The molecule has 1 aromatic heterocycles. The molecule has 0 bridgehead atoms. The lowest BCUT2D eigenvalue weighted by atomic mass is 9.92. The monoisotopic (exact) mass is 429 g/mol. The van der Waals surface area contributed by atoms with Crippen LogP contribution in [-0.4, -0.2) is 62.3 Å². The quantitative estimate of drug-likeness (QED) is 0.632. The Kier molecular flexibility index (Phi) is 5.76. The molecule has 2 aliphatic rings. The molecule has 2 aromatic rings. The van der Waals surface area contributed by atoms with Gasteiger partial charge in [-0.3, -0.25) is 19.4 Å². The summed E-state index contributed by atoms with van der Waals surface area (Å²) in [5.74, 6) is -0.498. The number of morpholine rings is 1. The average molecular weight is 429 g/mol. The van der Waals surface area contributed by atoms with Crippen molar-refractivity contribution in [1.29, 1.82) is 0 Å². The lowest BCUT2D eigenvalue weighted by molar-refractivity contribution is -0.123. The fourth-order valence-corrected chi connectivity index (χ4v) is 3.63. The van der Waals surface area contributed by atoms with E-state index < -0.39 is 17.4 Å². The minimum Gasteiger partial charge on any atom is -0.497 e. The fraction of sp³-hybridized carbons (Fsp3) is 0.400. The first-order valence-electron chi connectivity index (χ1n) is 9.79. The maximum atomic E-state index is 13.1. The van der Waals surface area contributed by atoms with Crippen molar-refractivity contribution in [2.45, 2.75) is 12.3 Å². The number of amides is 2. The Labute approximate surface area is 177 Å². The summed E-state index contributed by atoms with van der Waals surface area (Å²) >= 11 is 0. The molecule has 164 valence electrons. The number of ether oxygens (including phenoxy) is 3. The molecule has 1 saturated heterocycles. The van der Waals surface area contributed by atoms with Gasteiger partial charge in [0.05, 0.1) is 44.6 Å². The number of methoxy groups -OCH3 is 2. The molecule has 1 atom stereocenters. The predicted octanol–water partition coefficient (Wildman–Crippen LogP) is 0.688. The van der Waals surface area contributed by atoms with Crippen LogP contribution < -0.4 is 30.6 Å². The third-order valence-corrected chi connectivity index (χ3v) is 5.23. The van der Waals surface area contributed by atoms with Gasteiger partial charge in [-0.1, -0.05) is 0 Å².